The van der Waals surface area contributed by atoms with Crippen molar-refractivity contribution in [2.24, 2.45) is 0 Å². The van der Waals surface area contributed by atoms with Crippen LogP contribution in [0.3, 0.4) is 0 Å². The summed E-state index contributed by atoms with van der Waals surface area (Å²) in [5.41, 5.74) is 1.34. The fraction of sp³-hybridized carbons (Fsp3) is 0.364. The van der Waals surface area contributed by atoms with Gasteiger partial charge in [-0.05, 0) is 43.2 Å². The van der Waals surface area contributed by atoms with E-state index in [1.807, 2.05) is 6.07 Å². The minimum Gasteiger partial charge on any atom is -0.278 e. The first-order valence-electron chi connectivity index (χ1n) is 4.44. The minimum atomic E-state index is -0.167. The van der Waals surface area contributed by atoms with Crippen LogP contribution < -0.4 is 0 Å². The Morgan fingerprint density at radius 1 is 1.46 bits per heavy atom. The fourth-order valence-electron chi connectivity index (χ4n) is 1.67. The van der Waals surface area contributed by atoms with Gasteiger partial charge in [-0.1, -0.05) is 0 Å². The number of hydrogen-bond donors (Lipinski definition) is 0. The van der Waals surface area contributed by atoms with Gasteiger partial charge in [0.25, 0.3) is 0 Å². The SMILES string of the molecule is C#CC(=O)c1cc2c(s1)CCCC2. The second kappa shape index (κ2) is 3.35. The molecule has 0 amide bonds. The molecule has 1 aromatic heterocycles. The van der Waals surface area contributed by atoms with Crippen LogP contribution in [0.15, 0.2) is 6.07 Å². The van der Waals surface area contributed by atoms with E-state index in [2.05, 4.69) is 5.92 Å². The molecule has 13 heavy (non-hydrogen) atoms. The maximum atomic E-state index is 11.2. The lowest BCUT2D eigenvalue weighted by molar-refractivity contribution is 0.106. The first kappa shape index (κ1) is 8.52. The Morgan fingerprint density at radius 2 is 2.23 bits per heavy atom. The third-order valence-electron chi connectivity index (χ3n) is 2.35. The summed E-state index contributed by atoms with van der Waals surface area (Å²) in [6.07, 6.45) is 9.80. The highest BCUT2D eigenvalue weighted by Crippen LogP contribution is 2.29. The standard InChI is InChI=1S/C11H10OS/c1-2-9(12)11-7-8-5-3-4-6-10(8)13-11/h1,7H,3-6H2. The van der Waals surface area contributed by atoms with Crippen molar-refractivity contribution in [1.29, 1.82) is 0 Å². The molecule has 0 unspecified atom stereocenters. The number of thiophene rings is 1. The van der Waals surface area contributed by atoms with E-state index in [-0.39, 0.29) is 5.78 Å². The van der Waals surface area contributed by atoms with Crippen molar-refractivity contribution in [1.82, 2.24) is 0 Å². The average molecular weight is 190 g/mol. The maximum Gasteiger partial charge on any atom is 0.245 e. The van der Waals surface area contributed by atoms with Gasteiger partial charge in [-0.15, -0.1) is 17.8 Å². The summed E-state index contributed by atoms with van der Waals surface area (Å²) >= 11 is 1.58. The Hall–Kier alpha value is -1.07. The van der Waals surface area contributed by atoms with Crippen LogP contribution in [0.2, 0.25) is 0 Å². The highest BCUT2D eigenvalue weighted by Gasteiger charge is 2.15. The van der Waals surface area contributed by atoms with Crippen molar-refractivity contribution < 1.29 is 4.79 Å². The lowest BCUT2D eigenvalue weighted by Crippen LogP contribution is -1.96. The number of fused-ring (bicyclic) bond motifs is 1. The van der Waals surface area contributed by atoms with Gasteiger partial charge < -0.3 is 0 Å². The van der Waals surface area contributed by atoms with Crippen molar-refractivity contribution in [3.8, 4) is 12.3 Å². The molecule has 0 spiro atoms. The second-order valence-electron chi connectivity index (χ2n) is 3.24. The molecule has 66 valence electrons. The molecule has 0 atom stereocenters. The van der Waals surface area contributed by atoms with E-state index in [9.17, 15) is 4.79 Å². The molecule has 1 aliphatic carbocycles. The van der Waals surface area contributed by atoms with E-state index in [4.69, 9.17) is 6.42 Å². The molecule has 0 fully saturated rings. The van der Waals surface area contributed by atoms with Crippen LogP contribution in [-0.2, 0) is 12.8 Å². The molecule has 0 radical (unpaired) electrons. The molecule has 1 heterocycles. The maximum absolute atomic E-state index is 11.2. The summed E-state index contributed by atoms with van der Waals surface area (Å²) in [6.45, 7) is 0. The van der Waals surface area contributed by atoms with Crippen molar-refractivity contribution in [2.45, 2.75) is 25.7 Å². The zero-order valence-electron chi connectivity index (χ0n) is 7.30. The van der Waals surface area contributed by atoms with Crippen LogP contribution in [0.1, 0.15) is 33.0 Å². The van der Waals surface area contributed by atoms with Gasteiger partial charge in [-0.25, -0.2) is 0 Å². The molecular formula is C11H10OS. The van der Waals surface area contributed by atoms with Crippen LogP contribution in [0.5, 0.6) is 0 Å². The van der Waals surface area contributed by atoms with Crippen LogP contribution in [0.25, 0.3) is 0 Å². The number of aryl methyl sites for hydroxylation is 2. The van der Waals surface area contributed by atoms with E-state index in [1.165, 1.54) is 23.3 Å². The number of ketones is 1. The molecule has 1 aromatic rings. The van der Waals surface area contributed by atoms with Gasteiger partial charge >= 0.3 is 0 Å². The number of hydrogen-bond acceptors (Lipinski definition) is 2. The van der Waals surface area contributed by atoms with Gasteiger partial charge in [-0.3, -0.25) is 4.79 Å². The molecule has 0 saturated heterocycles. The molecule has 2 rings (SSSR count). The molecule has 0 bridgehead atoms. The summed E-state index contributed by atoms with van der Waals surface area (Å²) in [7, 11) is 0. The molecule has 0 N–H and O–H groups in total. The third kappa shape index (κ3) is 1.52. The van der Waals surface area contributed by atoms with Crippen LogP contribution in [-0.4, -0.2) is 5.78 Å². The predicted molar refractivity (Wildman–Crippen MR) is 54.1 cm³/mol. The van der Waals surface area contributed by atoms with Gasteiger partial charge in [0, 0.05) is 4.88 Å². The lowest BCUT2D eigenvalue weighted by atomic mass is 9.99. The van der Waals surface area contributed by atoms with E-state index >= 15 is 0 Å². The first-order valence-corrected chi connectivity index (χ1v) is 5.25. The molecule has 0 saturated carbocycles. The van der Waals surface area contributed by atoms with E-state index < -0.39 is 0 Å². The molecule has 0 aliphatic heterocycles. The monoisotopic (exact) mass is 190 g/mol. The number of terminal acetylenes is 1. The average Bonchev–Trinajstić information content (AvgIpc) is 2.59. The molecular weight excluding hydrogens is 180 g/mol. The van der Waals surface area contributed by atoms with Crippen molar-refractivity contribution >= 4 is 17.1 Å². The second-order valence-corrected chi connectivity index (χ2v) is 4.38. The van der Waals surface area contributed by atoms with Crippen molar-refractivity contribution in [3.05, 3.63) is 21.4 Å². The fourth-order valence-corrected chi connectivity index (χ4v) is 2.83. The zero-order valence-corrected chi connectivity index (χ0v) is 8.12. The van der Waals surface area contributed by atoms with Crippen molar-refractivity contribution in [3.63, 3.8) is 0 Å². The van der Waals surface area contributed by atoms with Gasteiger partial charge in [0.2, 0.25) is 5.78 Å². The summed E-state index contributed by atoms with van der Waals surface area (Å²) < 4.78 is 0. The third-order valence-corrected chi connectivity index (χ3v) is 3.59. The highest BCUT2D eigenvalue weighted by molar-refractivity contribution is 7.14. The number of carbonyl (C=O) groups is 1. The van der Waals surface area contributed by atoms with Gasteiger partial charge in [0.15, 0.2) is 0 Å². The van der Waals surface area contributed by atoms with Gasteiger partial charge in [0.05, 0.1) is 4.88 Å². The highest BCUT2D eigenvalue weighted by atomic mass is 32.1. The number of rotatable bonds is 1. The Kier molecular flexibility index (Phi) is 2.20. The minimum absolute atomic E-state index is 0.167. The quantitative estimate of drug-likeness (QED) is 0.377. The topological polar surface area (TPSA) is 17.1 Å². The van der Waals surface area contributed by atoms with Gasteiger partial charge in [0.1, 0.15) is 0 Å². The Bertz CT molecular complexity index is 358. The number of Topliss-reactive ketones (excluding diaryl/α,β-unsaturated/α-hetero) is 1. The van der Waals surface area contributed by atoms with E-state index in [1.54, 1.807) is 11.3 Å². The summed E-state index contributed by atoms with van der Waals surface area (Å²) in [5, 5.41) is 0. The zero-order chi connectivity index (χ0) is 9.26. The lowest BCUT2D eigenvalue weighted by Gasteiger charge is -2.08. The molecule has 0 aromatic carbocycles. The van der Waals surface area contributed by atoms with Crippen LogP contribution in [0, 0.1) is 12.3 Å². The molecule has 1 aliphatic rings. The summed E-state index contributed by atoms with van der Waals surface area (Å²) in [6, 6.07) is 1.97. The smallest absolute Gasteiger partial charge is 0.245 e. The van der Waals surface area contributed by atoms with E-state index in [0.717, 1.165) is 17.7 Å². The largest absolute Gasteiger partial charge is 0.278 e. The summed E-state index contributed by atoms with van der Waals surface area (Å²) in [4.78, 5) is 13.3. The predicted octanol–water partition coefficient (Wildman–Crippen LogP) is 2.44. The Labute approximate surface area is 81.8 Å². The van der Waals surface area contributed by atoms with Gasteiger partial charge in [-0.2, -0.15) is 0 Å². The normalized spacial score (nSPS) is 14.7. The van der Waals surface area contributed by atoms with Crippen LogP contribution in [0.4, 0.5) is 0 Å². The Morgan fingerprint density at radius 3 is 2.92 bits per heavy atom. The summed E-state index contributed by atoms with van der Waals surface area (Å²) in [5.74, 6) is 1.99. The number of carbonyl (C=O) groups excluding carboxylic acids is 1. The van der Waals surface area contributed by atoms with E-state index in [0.29, 0.717) is 0 Å². The Balaban J connectivity index is 2.36. The van der Waals surface area contributed by atoms with Crippen molar-refractivity contribution in [2.75, 3.05) is 0 Å². The van der Waals surface area contributed by atoms with Crippen LogP contribution >= 0.6 is 11.3 Å². The molecule has 2 heteroatoms. The first-order chi connectivity index (χ1) is 6.31. The molecule has 1 nitrogen and oxygen atoms in total.